The molecular weight excluding hydrogens is 376 g/mol. The van der Waals surface area contributed by atoms with E-state index in [0.717, 1.165) is 40.3 Å². The molecule has 1 saturated heterocycles. The SMILES string of the molecule is COc1ccc2c(CC(=O)NCc3ccc(CN4CCCC(C)C4)cc3)coc2c1. The van der Waals surface area contributed by atoms with Crippen LogP contribution in [0.4, 0.5) is 0 Å². The quantitative estimate of drug-likeness (QED) is 0.626. The Morgan fingerprint density at radius 3 is 2.77 bits per heavy atom. The van der Waals surface area contributed by atoms with Crippen LogP contribution in [-0.2, 0) is 24.3 Å². The zero-order valence-electron chi connectivity index (χ0n) is 17.8. The number of hydrogen-bond donors (Lipinski definition) is 1. The molecular formula is C25H30N2O3. The third kappa shape index (κ3) is 5.03. The van der Waals surface area contributed by atoms with Crippen LogP contribution < -0.4 is 10.1 Å². The first-order valence-corrected chi connectivity index (χ1v) is 10.7. The maximum Gasteiger partial charge on any atom is 0.224 e. The highest BCUT2D eigenvalue weighted by Gasteiger charge is 2.16. The van der Waals surface area contributed by atoms with Crippen LogP contribution in [0.25, 0.3) is 11.0 Å². The second kappa shape index (κ2) is 9.35. The average molecular weight is 407 g/mol. The molecule has 5 heteroatoms. The lowest BCUT2D eigenvalue weighted by Crippen LogP contribution is -2.33. The van der Waals surface area contributed by atoms with Gasteiger partial charge in [0.25, 0.3) is 0 Å². The van der Waals surface area contributed by atoms with Gasteiger partial charge >= 0.3 is 0 Å². The molecule has 0 aliphatic carbocycles. The summed E-state index contributed by atoms with van der Waals surface area (Å²) in [5.74, 6) is 1.52. The summed E-state index contributed by atoms with van der Waals surface area (Å²) in [6.07, 6.45) is 4.59. The fourth-order valence-electron chi connectivity index (χ4n) is 4.21. The number of carbonyl (C=O) groups is 1. The Morgan fingerprint density at radius 2 is 2.00 bits per heavy atom. The number of hydrogen-bond acceptors (Lipinski definition) is 4. The largest absolute Gasteiger partial charge is 0.497 e. The van der Waals surface area contributed by atoms with Gasteiger partial charge in [-0.3, -0.25) is 9.69 Å². The Labute approximate surface area is 178 Å². The van der Waals surface area contributed by atoms with Crippen LogP contribution in [0, 0.1) is 5.92 Å². The van der Waals surface area contributed by atoms with Crippen molar-refractivity contribution in [3.8, 4) is 5.75 Å². The number of ether oxygens (including phenoxy) is 1. The monoisotopic (exact) mass is 406 g/mol. The molecule has 5 nitrogen and oxygen atoms in total. The van der Waals surface area contributed by atoms with Gasteiger partial charge in [0.05, 0.1) is 19.8 Å². The molecule has 0 bridgehead atoms. The smallest absolute Gasteiger partial charge is 0.224 e. The lowest BCUT2D eigenvalue weighted by Gasteiger charge is -2.30. The van der Waals surface area contributed by atoms with Crippen molar-refractivity contribution in [2.24, 2.45) is 5.92 Å². The van der Waals surface area contributed by atoms with Crippen molar-refractivity contribution < 1.29 is 13.9 Å². The normalized spacial score (nSPS) is 17.2. The number of piperidine rings is 1. The molecule has 2 aromatic carbocycles. The summed E-state index contributed by atoms with van der Waals surface area (Å²) in [6, 6.07) is 14.2. The van der Waals surface area contributed by atoms with Gasteiger partial charge in [0.2, 0.25) is 5.91 Å². The van der Waals surface area contributed by atoms with E-state index in [0.29, 0.717) is 13.0 Å². The topological polar surface area (TPSA) is 54.7 Å². The van der Waals surface area contributed by atoms with Crippen LogP contribution in [0.3, 0.4) is 0 Å². The molecule has 0 saturated carbocycles. The number of benzene rings is 2. The molecule has 3 aromatic rings. The van der Waals surface area contributed by atoms with Gasteiger partial charge in [0, 0.05) is 36.7 Å². The highest BCUT2D eigenvalue weighted by Crippen LogP contribution is 2.26. The third-order valence-electron chi connectivity index (χ3n) is 5.87. The molecule has 30 heavy (non-hydrogen) atoms. The minimum atomic E-state index is -0.0140. The molecule has 1 aromatic heterocycles. The highest BCUT2D eigenvalue weighted by atomic mass is 16.5. The fraction of sp³-hybridized carbons (Fsp3) is 0.400. The second-order valence-electron chi connectivity index (χ2n) is 8.38. The van der Waals surface area contributed by atoms with Crippen molar-refractivity contribution in [1.82, 2.24) is 10.2 Å². The van der Waals surface area contributed by atoms with E-state index in [9.17, 15) is 4.79 Å². The Bertz CT molecular complexity index is 993. The highest BCUT2D eigenvalue weighted by molar-refractivity contribution is 5.88. The molecule has 1 fully saturated rings. The molecule has 1 unspecified atom stereocenters. The molecule has 1 aliphatic heterocycles. The predicted octanol–water partition coefficient (Wildman–Crippen LogP) is 4.53. The first-order chi connectivity index (χ1) is 14.6. The Kier molecular flexibility index (Phi) is 6.38. The lowest BCUT2D eigenvalue weighted by molar-refractivity contribution is -0.120. The molecule has 1 amide bonds. The van der Waals surface area contributed by atoms with E-state index >= 15 is 0 Å². The van der Waals surface area contributed by atoms with Crippen molar-refractivity contribution in [1.29, 1.82) is 0 Å². The second-order valence-corrected chi connectivity index (χ2v) is 8.38. The summed E-state index contributed by atoms with van der Waals surface area (Å²) in [6.45, 7) is 6.25. The first kappa shape index (κ1) is 20.5. The van der Waals surface area contributed by atoms with E-state index in [4.69, 9.17) is 9.15 Å². The minimum absolute atomic E-state index is 0.0140. The van der Waals surface area contributed by atoms with Gasteiger partial charge in [-0.05, 0) is 48.6 Å². The maximum absolute atomic E-state index is 12.4. The number of likely N-dealkylation sites (tertiary alicyclic amines) is 1. The van der Waals surface area contributed by atoms with Gasteiger partial charge in [-0.15, -0.1) is 0 Å². The van der Waals surface area contributed by atoms with Crippen molar-refractivity contribution in [2.45, 2.75) is 39.3 Å². The Balaban J connectivity index is 1.28. The zero-order valence-corrected chi connectivity index (χ0v) is 17.8. The van der Waals surface area contributed by atoms with Crippen molar-refractivity contribution in [3.05, 3.63) is 65.4 Å². The van der Waals surface area contributed by atoms with Crippen molar-refractivity contribution >= 4 is 16.9 Å². The van der Waals surface area contributed by atoms with Crippen LogP contribution in [-0.4, -0.2) is 31.0 Å². The van der Waals surface area contributed by atoms with E-state index in [-0.39, 0.29) is 5.91 Å². The van der Waals surface area contributed by atoms with E-state index in [1.54, 1.807) is 13.4 Å². The number of nitrogens with one attached hydrogen (secondary N) is 1. The van der Waals surface area contributed by atoms with Gasteiger partial charge in [-0.1, -0.05) is 31.2 Å². The molecule has 0 spiro atoms. The lowest BCUT2D eigenvalue weighted by atomic mass is 9.99. The number of fused-ring (bicyclic) bond motifs is 1. The number of nitrogens with zero attached hydrogens (tertiary/aromatic N) is 1. The number of methoxy groups -OCH3 is 1. The first-order valence-electron chi connectivity index (χ1n) is 10.7. The predicted molar refractivity (Wildman–Crippen MR) is 118 cm³/mol. The summed E-state index contributed by atoms with van der Waals surface area (Å²) < 4.78 is 10.8. The summed E-state index contributed by atoms with van der Waals surface area (Å²) >= 11 is 0. The summed E-state index contributed by atoms with van der Waals surface area (Å²) in [5, 5.41) is 3.96. The molecule has 158 valence electrons. The third-order valence-corrected chi connectivity index (χ3v) is 5.87. The molecule has 4 rings (SSSR count). The Morgan fingerprint density at radius 1 is 1.20 bits per heavy atom. The van der Waals surface area contributed by atoms with Gasteiger partial charge in [-0.2, -0.15) is 0 Å². The van der Waals surface area contributed by atoms with E-state index in [2.05, 4.69) is 41.4 Å². The summed E-state index contributed by atoms with van der Waals surface area (Å²) in [5.41, 5.74) is 4.06. The average Bonchev–Trinajstić information content (AvgIpc) is 3.15. The van der Waals surface area contributed by atoms with E-state index in [1.165, 1.54) is 31.5 Å². The van der Waals surface area contributed by atoms with Gasteiger partial charge in [-0.25, -0.2) is 0 Å². The van der Waals surface area contributed by atoms with Gasteiger partial charge in [0.15, 0.2) is 0 Å². The van der Waals surface area contributed by atoms with Crippen LogP contribution in [0.15, 0.2) is 53.1 Å². The zero-order chi connectivity index (χ0) is 20.9. The van der Waals surface area contributed by atoms with Crippen LogP contribution in [0.5, 0.6) is 5.75 Å². The number of rotatable bonds is 7. The van der Waals surface area contributed by atoms with E-state index in [1.807, 2.05) is 18.2 Å². The van der Waals surface area contributed by atoms with E-state index < -0.39 is 0 Å². The fourth-order valence-corrected chi connectivity index (χ4v) is 4.21. The molecule has 1 N–H and O–H groups in total. The molecule has 2 heterocycles. The molecule has 1 atom stereocenters. The van der Waals surface area contributed by atoms with Crippen molar-refractivity contribution in [2.75, 3.05) is 20.2 Å². The molecule has 1 aliphatic rings. The minimum Gasteiger partial charge on any atom is -0.497 e. The summed E-state index contributed by atoms with van der Waals surface area (Å²) in [7, 11) is 1.62. The standard InChI is InChI=1S/C25H30N2O3/c1-18-4-3-11-27(15-18)16-20-7-5-19(6-8-20)14-26-25(28)12-21-17-30-24-13-22(29-2)9-10-23(21)24/h5-10,13,17-18H,3-4,11-12,14-16H2,1-2H3,(H,26,28). The number of amides is 1. The summed E-state index contributed by atoms with van der Waals surface area (Å²) in [4.78, 5) is 15.0. The van der Waals surface area contributed by atoms with Crippen LogP contribution >= 0.6 is 0 Å². The number of furan rings is 1. The van der Waals surface area contributed by atoms with Gasteiger partial charge < -0.3 is 14.5 Å². The van der Waals surface area contributed by atoms with Crippen molar-refractivity contribution in [3.63, 3.8) is 0 Å². The van der Waals surface area contributed by atoms with Crippen LogP contribution in [0.2, 0.25) is 0 Å². The Hall–Kier alpha value is -2.79. The molecule has 0 radical (unpaired) electrons. The number of carbonyl (C=O) groups excluding carboxylic acids is 1. The van der Waals surface area contributed by atoms with Gasteiger partial charge in [0.1, 0.15) is 11.3 Å². The van der Waals surface area contributed by atoms with Crippen LogP contribution in [0.1, 0.15) is 36.5 Å². The maximum atomic E-state index is 12.4.